The van der Waals surface area contributed by atoms with Crippen molar-refractivity contribution in [2.75, 3.05) is 12.3 Å². The van der Waals surface area contributed by atoms with Gasteiger partial charge in [-0.05, 0) is 19.3 Å². The Morgan fingerprint density at radius 3 is 2.92 bits per heavy atom. The van der Waals surface area contributed by atoms with Crippen molar-refractivity contribution in [1.29, 1.82) is 0 Å². The largest absolute Gasteiger partial charge is 0.333 e. The predicted molar refractivity (Wildman–Crippen MR) is 52.5 cm³/mol. The average molecular weight is 200 g/mol. The summed E-state index contributed by atoms with van der Waals surface area (Å²) < 4.78 is 0. The van der Waals surface area contributed by atoms with E-state index in [0.717, 1.165) is 24.9 Å². The fourth-order valence-corrected chi connectivity index (χ4v) is 1.78. The van der Waals surface area contributed by atoms with Crippen LogP contribution in [0.25, 0.3) is 0 Å². The average Bonchev–Trinajstić information content (AvgIpc) is 2.48. The summed E-state index contributed by atoms with van der Waals surface area (Å²) in [6.07, 6.45) is 3.95. The van der Waals surface area contributed by atoms with Gasteiger partial charge in [0.25, 0.3) is 0 Å². The molecule has 1 saturated heterocycles. The van der Waals surface area contributed by atoms with Gasteiger partial charge >= 0.3 is 0 Å². The number of likely N-dealkylation sites (tertiary alicyclic amines) is 1. The fraction of sp³-hybridized carbons (Fsp3) is 0.778. The Balaban J connectivity index is 2.36. The van der Waals surface area contributed by atoms with Crippen LogP contribution in [0, 0.1) is 0 Å². The summed E-state index contributed by atoms with van der Waals surface area (Å²) in [6, 6.07) is -0.169. The molecule has 73 valence electrons. The van der Waals surface area contributed by atoms with E-state index in [1.807, 2.05) is 0 Å². The zero-order valence-electron chi connectivity index (χ0n) is 7.57. The van der Waals surface area contributed by atoms with Gasteiger partial charge in [-0.15, -0.1) is 0 Å². The Kier molecular flexibility index (Phi) is 4.28. The van der Waals surface area contributed by atoms with Crippen molar-refractivity contribution >= 4 is 24.8 Å². The maximum absolute atomic E-state index is 11.3. The molecule has 4 heteroatoms. The summed E-state index contributed by atoms with van der Waals surface area (Å²) in [6.45, 7) is 0.693. The number of carbonyl (C=O) groups excluding carboxylic acids is 2. The minimum Gasteiger partial charge on any atom is -0.333 e. The smallest absolute Gasteiger partial charge is 0.223 e. The van der Waals surface area contributed by atoms with Crippen LogP contribution in [-0.2, 0) is 9.59 Å². The highest BCUT2D eigenvalue weighted by molar-refractivity contribution is 7.80. The van der Waals surface area contributed by atoms with Gasteiger partial charge < -0.3 is 9.69 Å². The van der Waals surface area contributed by atoms with Gasteiger partial charge in [0.15, 0.2) is 0 Å². The number of nitrogens with zero attached hydrogens (tertiary/aromatic N) is 1. The minimum absolute atomic E-state index is 0.112. The first-order chi connectivity index (χ1) is 6.29. The lowest BCUT2D eigenvalue weighted by Gasteiger charge is -2.19. The van der Waals surface area contributed by atoms with Crippen LogP contribution in [0.3, 0.4) is 0 Å². The monoisotopic (exact) mass is 200 g/mol. The zero-order valence-corrected chi connectivity index (χ0v) is 8.39. The summed E-state index contributed by atoms with van der Waals surface area (Å²) in [7, 11) is 0. The Hall–Kier alpha value is -0.510. The van der Waals surface area contributed by atoms with Gasteiger partial charge in [-0.25, -0.2) is 0 Å². The third kappa shape index (κ3) is 2.72. The molecule has 13 heavy (non-hydrogen) atoms. The molecule has 1 heterocycles. The molecular weight excluding hydrogens is 186 g/mol. The first-order valence-electron chi connectivity index (χ1n) is 4.62. The quantitative estimate of drug-likeness (QED) is 0.493. The molecule has 1 aliphatic rings. The molecule has 0 unspecified atom stereocenters. The molecule has 0 aromatic carbocycles. The molecular formula is C9H14NO2S. The normalized spacial score (nSPS) is 22.4. The fourth-order valence-electron chi connectivity index (χ4n) is 1.57. The lowest BCUT2D eigenvalue weighted by Crippen LogP contribution is -2.34. The predicted octanol–water partition coefficient (Wildman–Crippen LogP) is 1.15. The van der Waals surface area contributed by atoms with E-state index < -0.39 is 0 Å². The molecule has 1 radical (unpaired) electrons. The molecule has 0 aromatic heterocycles. The van der Waals surface area contributed by atoms with Crippen molar-refractivity contribution in [2.24, 2.45) is 0 Å². The van der Waals surface area contributed by atoms with E-state index in [0.29, 0.717) is 19.4 Å². The van der Waals surface area contributed by atoms with Crippen molar-refractivity contribution in [1.82, 2.24) is 4.90 Å². The van der Waals surface area contributed by atoms with E-state index in [4.69, 9.17) is 12.6 Å². The van der Waals surface area contributed by atoms with Crippen molar-refractivity contribution in [3.05, 3.63) is 0 Å². The molecule has 0 bridgehead atoms. The number of hydrogen-bond acceptors (Lipinski definition) is 2. The maximum Gasteiger partial charge on any atom is 0.223 e. The van der Waals surface area contributed by atoms with Crippen LogP contribution in [0.5, 0.6) is 0 Å². The number of unbranched alkanes of at least 4 members (excludes halogenated alkanes) is 1. The van der Waals surface area contributed by atoms with Gasteiger partial charge in [0.2, 0.25) is 5.91 Å². The number of rotatable bonds is 5. The molecule has 1 rings (SSSR count). The second kappa shape index (κ2) is 5.27. The molecule has 1 atom stereocenters. The zero-order chi connectivity index (χ0) is 9.68. The van der Waals surface area contributed by atoms with Crippen LogP contribution in [0.15, 0.2) is 0 Å². The lowest BCUT2D eigenvalue weighted by molar-refractivity contribution is -0.131. The Bertz CT molecular complexity index is 196. The molecule has 0 saturated carbocycles. The van der Waals surface area contributed by atoms with Crippen molar-refractivity contribution in [3.8, 4) is 0 Å². The van der Waals surface area contributed by atoms with Crippen LogP contribution >= 0.6 is 12.6 Å². The SMILES string of the molecule is O=C[C@H]1CCC(=O)N1CCCC[S]. The lowest BCUT2D eigenvalue weighted by atomic mass is 10.2. The van der Waals surface area contributed by atoms with Crippen molar-refractivity contribution < 1.29 is 9.59 Å². The molecule has 0 aliphatic carbocycles. The van der Waals surface area contributed by atoms with Gasteiger partial charge in [0.1, 0.15) is 6.29 Å². The summed E-state index contributed by atoms with van der Waals surface area (Å²) in [5.74, 6) is 0.842. The van der Waals surface area contributed by atoms with E-state index in [1.165, 1.54) is 0 Å². The summed E-state index contributed by atoms with van der Waals surface area (Å²) >= 11 is 4.81. The van der Waals surface area contributed by atoms with E-state index in [2.05, 4.69) is 0 Å². The molecule has 1 fully saturated rings. The molecule has 3 nitrogen and oxygen atoms in total. The van der Waals surface area contributed by atoms with E-state index in [1.54, 1.807) is 4.90 Å². The van der Waals surface area contributed by atoms with E-state index in [-0.39, 0.29) is 11.9 Å². The van der Waals surface area contributed by atoms with Gasteiger partial charge in [-0.3, -0.25) is 4.79 Å². The molecule has 0 aromatic rings. The third-order valence-electron chi connectivity index (χ3n) is 2.33. The standard InChI is InChI=1S/C9H14NO2S/c11-7-8-3-4-9(12)10(8)5-1-2-6-13/h7-8H,1-6H2/t8-/m1/s1. The second-order valence-corrected chi connectivity index (χ2v) is 3.65. The Morgan fingerprint density at radius 1 is 1.54 bits per heavy atom. The van der Waals surface area contributed by atoms with Gasteiger partial charge in [-0.2, -0.15) is 0 Å². The highest BCUT2D eigenvalue weighted by atomic mass is 32.1. The highest BCUT2D eigenvalue weighted by Gasteiger charge is 2.29. The number of amides is 1. The van der Waals surface area contributed by atoms with Crippen LogP contribution in [0.2, 0.25) is 0 Å². The van der Waals surface area contributed by atoms with E-state index >= 15 is 0 Å². The molecule has 0 spiro atoms. The first-order valence-corrected chi connectivity index (χ1v) is 5.20. The van der Waals surface area contributed by atoms with Crippen LogP contribution < -0.4 is 0 Å². The molecule has 0 N–H and O–H groups in total. The topological polar surface area (TPSA) is 37.4 Å². The van der Waals surface area contributed by atoms with Crippen LogP contribution in [0.4, 0.5) is 0 Å². The number of carbonyl (C=O) groups is 2. The first kappa shape index (κ1) is 10.6. The second-order valence-electron chi connectivity index (χ2n) is 3.24. The molecule has 1 aliphatic heterocycles. The Morgan fingerprint density at radius 2 is 2.31 bits per heavy atom. The number of aldehydes is 1. The van der Waals surface area contributed by atoms with E-state index in [9.17, 15) is 9.59 Å². The van der Waals surface area contributed by atoms with Crippen molar-refractivity contribution in [2.45, 2.75) is 31.7 Å². The van der Waals surface area contributed by atoms with Gasteiger partial charge in [0.05, 0.1) is 6.04 Å². The van der Waals surface area contributed by atoms with Gasteiger partial charge in [-0.1, -0.05) is 12.6 Å². The summed E-state index contributed by atoms with van der Waals surface area (Å²) in [5, 5.41) is 0. The van der Waals surface area contributed by atoms with Crippen molar-refractivity contribution in [3.63, 3.8) is 0 Å². The minimum atomic E-state index is -0.169. The number of hydrogen-bond donors (Lipinski definition) is 0. The van der Waals surface area contributed by atoms with Crippen LogP contribution in [-0.4, -0.2) is 35.4 Å². The Labute approximate surface area is 83.9 Å². The highest BCUT2D eigenvalue weighted by Crippen LogP contribution is 2.17. The summed E-state index contributed by atoms with van der Waals surface area (Å²) in [4.78, 5) is 23.5. The van der Waals surface area contributed by atoms with Gasteiger partial charge in [0, 0.05) is 18.7 Å². The third-order valence-corrected chi connectivity index (χ3v) is 2.61. The molecule has 1 amide bonds. The summed E-state index contributed by atoms with van der Waals surface area (Å²) in [5.41, 5.74) is 0. The van der Waals surface area contributed by atoms with Crippen LogP contribution in [0.1, 0.15) is 25.7 Å². The maximum atomic E-state index is 11.3.